The van der Waals surface area contributed by atoms with Crippen LogP contribution in [0.25, 0.3) is 0 Å². The summed E-state index contributed by atoms with van der Waals surface area (Å²) in [4.78, 5) is 40.1. The summed E-state index contributed by atoms with van der Waals surface area (Å²) in [5.41, 5.74) is 0. The summed E-state index contributed by atoms with van der Waals surface area (Å²) in [6, 6.07) is 0. The molecule has 1 N–H and O–H groups in total. The van der Waals surface area contributed by atoms with E-state index in [2.05, 4.69) is 6.92 Å². The Labute approximate surface area is 140 Å². The van der Waals surface area contributed by atoms with Crippen molar-refractivity contribution in [1.82, 2.24) is 0 Å². The van der Waals surface area contributed by atoms with E-state index in [0.29, 0.717) is 6.61 Å². The van der Waals surface area contributed by atoms with Crippen molar-refractivity contribution in [3.05, 3.63) is 0 Å². The molecule has 0 atom stereocenters. The van der Waals surface area contributed by atoms with Gasteiger partial charge in [-0.05, 0) is 34.1 Å². The minimum atomic E-state index is -0.0625. The molecule has 6 heteroatoms. The van der Waals surface area contributed by atoms with E-state index >= 15 is 0 Å². The number of hydrogen-bond donors (Lipinski definition) is 1. The molecular formula is C14H26O5Zr+3. The number of carbonyl (C=O) groups excluding carboxylic acids is 4. The maximum Gasteiger partial charge on any atom is 3.00 e. The van der Waals surface area contributed by atoms with Gasteiger partial charge in [0.05, 0.1) is 12.8 Å². The molecule has 0 bridgehead atoms. The number of Topliss-reactive ketones (excluding diaryl/α,β-unsaturated/α-hetero) is 4. The molecular weight excluding hydrogens is 339 g/mol. The van der Waals surface area contributed by atoms with Gasteiger partial charge >= 0.3 is 26.2 Å². The van der Waals surface area contributed by atoms with E-state index in [0.717, 1.165) is 12.8 Å². The van der Waals surface area contributed by atoms with Gasteiger partial charge in [0.25, 0.3) is 0 Å². The molecule has 0 aliphatic rings. The molecule has 0 saturated heterocycles. The van der Waals surface area contributed by atoms with Gasteiger partial charge in [0.1, 0.15) is 23.1 Å². The van der Waals surface area contributed by atoms with Crippen molar-refractivity contribution in [3.63, 3.8) is 0 Å². The van der Waals surface area contributed by atoms with E-state index < -0.39 is 0 Å². The SMILES string of the molecule is CC(=O)CC(C)=O.CC(=O)CC(C)=O.CCCCO.[Zr+3]. The van der Waals surface area contributed by atoms with E-state index in [1.807, 2.05) is 0 Å². The fraction of sp³-hybridized carbons (Fsp3) is 0.714. The first-order valence-corrected chi connectivity index (χ1v) is 6.25. The number of aliphatic hydroxyl groups is 1. The molecule has 0 aromatic rings. The van der Waals surface area contributed by atoms with Crippen LogP contribution in [-0.2, 0) is 45.4 Å². The van der Waals surface area contributed by atoms with Gasteiger partial charge in [0.2, 0.25) is 0 Å². The molecule has 0 saturated carbocycles. The third kappa shape index (κ3) is 52.8. The summed E-state index contributed by atoms with van der Waals surface area (Å²) in [7, 11) is 0. The average Bonchev–Trinajstić information content (AvgIpc) is 2.15. The maximum atomic E-state index is 10.0. The Balaban J connectivity index is -0.0000000952. The molecule has 0 aromatic carbocycles. The van der Waals surface area contributed by atoms with Crippen LogP contribution in [0.4, 0.5) is 0 Å². The van der Waals surface area contributed by atoms with E-state index in [1.165, 1.54) is 27.7 Å². The van der Waals surface area contributed by atoms with E-state index in [1.54, 1.807) is 0 Å². The fourth-order valence-corrected chi connectivity index (χ4v) is 0.859. The molecule has 0 spiro atoms. The van der Waals surface area contributed by atoms with Crippen LogP contribution in [0, 0.1) is 0 Å². The molecule has 0 unspecified atom stereocenters. The zero-order valence-corrected chi connectivity index (χ0v) is 15.6. The summed E-state index contributed by atoms with van der Waals surface area (Å²) in [5.74, 6) is -0.250. The van der Waals surface area contributed by atoms with Gasteiger partial charge in [-0.15, -0.1) is 0 Å². The van der Waals surface area contributed by atoms with Gasteiger partial charge in [0, 0.05) is 6.61 Å². The van der Waals surface area contributed by atoms with Crippen molar-refractivity contribution in [2.75, 3.05) is 6.61 Å². The molecule has 113 valence electrons. The first-order valence-electron chi connectivity index (χ1n) is 6.25. The number of unbranched alkanes of at least 4 members (excludes halogenated alkanes) is 1. The van der Waals surface area contributed by atoms with Crippen LogP contribution in [-0.4, -0.2) is 34.8 Å². The van der Waals surface area contributed by atoms with Crippen LogP contribution in [0.15, 0.2) is 0 Å². The molecule has 0 fully saturated rings. The molecule has 0 aliphatic heterocycles. The third-order valence-electron chi connectivity index (χ3n) is 1.51. The molecule has 0 rings (SSSR count). The summed E-state index contributed by atoms with van der Waals surface area (Å²) in [6.45, 7) is 8.01. The molecule has 20 heavy (non-hydrogen) atoms. The average molecular weight is 366 g/mol. The molecule has 1 radical (unpaired) electrons. The van der Waals surface area contributed by atoms with Crippen molar-refractivity contribution in [3.8, 4) is 0 Å². The Morgan fingerprint density at radius 3 is 1.00 bits per heavy atom. The zero-order chi connectivity index (χ0) is 15.8. The summed E-state index contributed by atoms with van der Waals surface area (Å²) in [5, 5.41) is 8.07. The van der Waals surface area contributed by atoms with E-state index in [4.69, 9.17) is 5.11 Å². The van der Waals surface area contributed by atoms with Crippen LogP contribution in [0.1, 0.15) is 60.3 Å². The van der Waals surface area contributed by atoms with E-state index in [9.17, 15) is 19.2 Å². The van der Waals surface area contributed by atoms with Crippen LogP contribution in [0.5, 0.6) is 0 Å². The number of hydrogen-bond acceptors (Lipinski definition) is 5. The Bertz CT molecular complexity index is 235. The van der Waals surface area contributed by atoms with Crippen molar-refractivity contribution in [1.29, 1.82) is 0 Å². The molecule has 0 aromatic heterocycles. The van der Waals surface area contributed by atoms with Crippen molar-refractivity contribution in [2.45, 2.75) is 60.3 Å². The minimum absolute atomic E-state index is 0. The number of ketones is 4. The van der Waals surface area contributed by atoms with Crippen LogP contribution in [0.2, 0.25) is 0 Å². The minimum Gasteiger partial charge on any atom is -0.396 e. The topological polar surface area (TPSA) is 88.5 Å². The quantitative estimate of drug-likeness (QED) is 0.726. The predicted molar refractivity (Wildman–Crippen MR) is 74.0 cm³/mol. The fourth-order valence-electron chi connectivity index (χ4n) is 0.859. The third-order valence-corrected chi connectivity index (χ3v) is 1.51. The van der Waals surface area contributed by atoms with Gasteiger partial charge in [-0.3, -0.25) is 19.2 Å². The van der Waals surface area contributed by atoms with Crippen molar-refractivity contribution < 1.29 is 50.5 Å². The monoisotopic (exact) mass is 364 g/mol. The van der Waals surface area contributed by atoms with Gasteiger partial charge in [-0.2, -0.15) is 0 Å². The second-order valence-corrected chi connectivity index (χ2v) is 4.24. The number of aliphatic hydroxyl groups excluding tert-OH is 1. The Kier molecular flexibility index (Phi) is 29.0. The summed E-state index contributed by atoms with van der Waals surface area (Å²) in [6.07, 6.45) is 2.20. The molecule has 0 amide bonds. The standard InChI is InChI=1S/2C5H8O2.C4H10O.Zr/c2*1-4(6)3-5(2)7;1-2-3-4-5;/h2*3H2,1-2H3;5H,2-4H2,1H3;/q;;;+3. The maximum absolute atomic E-state index is 10.0. The van der Waals surface area contributed by atoms with Crippen LogP contribution < -0.4 is 0 Å². The zero-order valence-electron chi connectivity index (χ0n) is 13.1. The second-order valence-electron chi connectivity index (χ2n) is 4.24. The Hall–Kier alpha value is -0.477. The second kappa shape index (κ2) is 20.8. The Morgan fingerprint density at radius 2 is 1.00 bits per heavy atom. The normalized spacial score (nSPS) is 7.90. The number of rotatable bonds is 6. The van der Waals surface area contributed by atoms with Crippen molar-refractivity contribution >= 4 is 23.1 Å². The Morgan fingerprint density at radius 1 is 0.750 bits per heavy atom. The smallest absolute Gasteiger partial charge is 0.396 e. The first-order chi connectivity index (χ1) is 8.67. The van der Waals surface area contributed by atoms with E-state index in [-0.39, 0.29) is 62.2 Å². The molecule has 0 heterocycles. The largest absolute Gasteiger partial charge is 3.00 e. The van der Waals surface area contributed by atoms with Crippen LogP contribution >= 0.6 is 0 Å². The van der Waals surface area contributed by atoms with Crippen molar-refractivity contribution in [2.24, 2.45) is 0 Å². The van der Waals surface area contributed by atoms with Gasteiger partial charge in [-0.1, -0.05) is 13.3 Å². The van der Waals surface area contributed by atoms with Gasteiger partial charge in [0.15, 0.2) is 0 Å². The van der Waals surface area contributed by atoms with Gasteiger partial charge < -0.3 is 5.11 Å². The predicted octanol–water partition coefficient (Wildman–Crippen LogP) is 1.89. The molecule has 5 nitrogen and oxygen atoms in total. The number of carbonyl (C=O) groups is 4. The molecule has 0 aliphatic carbocycles. The van der Waals surface area contributed by atoms with Gasteiger partial charge in [-0.25, -0.2) is 0 Å². The summed E-state index contributed by atoms with van der Waals surface area (Å²) >= 11 is 0. The summed E-state index contributed by atoms with van der Waals surface area (Å²) < 4.78 is 0. The first kappa shape index (κ1) is 27.8. The van der Waals surface area contributed by atoms with Crippen LogP contribution in [0.3, 0.4) is 0 Å².